The van der Waals surface area contributed by atoms with Crippen molar-refractivity contribution in [1.29, 1.82) is 5.41 Å². The number of nitrogens with one attached hydrogen (secondary N) is 1. The van der Waals surface area contributed by atoms with Crippen LogP contribution >= 0.6 is 39.1 Å². The number of nitrogen functional groups attached to an aromatic ring is 1. The molecule has 2 aromatic rings. The van der Waals surface area contributed by atoms with Gasteiger partial charge < -0.3 is 10.5 Å². The molecule has 98 valence electrons. The summed E-state index contributed by atoms with van der Waals surface area (Å²) >= 11 is 15.3. The summed E-state index contributed by atoms with van der Waals surface area (Å²) in [6.45, 7) is 0. The molecule has 1 heterocycles. The van der Waals surface area contributed by atoms with E-state index in [9.17, 15) is 0 Å². The number of pyridine rings is 1. The molecule has 0 aliphatic carbocycles. The monoisotopic (exact) mass is 359 g/mol. The van der Waals surface area contributed by atoms with Crippen LogP contribution < -0.4 is 10.5 Å². The van der Waals surface area contributed by atoms with Crippen molar-refractivity contribution in [1.82, 2.24) is 4.98 Å². The fraction of sp³-hybridized carbons (Fsp3) is 0. The van der Waals surface area contributed by atoms with Gasteiger partial charge in [-0.2, -0.15) is 0 Å². The molecule has 0 saturated carbocycles. The van der Waals surface area contributed by atoms with Gasteiger partial charge in [0.05, 0.1) is 10.0 Å². The van der Waals surface area contributed by atoms with E-state index < -0.39 is 0 Å². The minimum Gasteiger partial charge on any atom is -0.437 e. The molecule has 3 N–H and O–H groups in total. The van der Waals surface area contributed by atoms with Crippen molar-refractivity contribution in [2.24, 2.45) is 5.73 Å². The van der Waals surface area contributed by atoms with Gasteiger partial charge in [-0.15, -0.1) is 0 Å². The highest BCUT2D eigenvalue weighted by Crippen LogP contribution is 2.35. The molecule has 1 aromatic heterocycles. The maximum Gasteiger partial charge on any atom is 0.219 e. The zero-order valence-corrected chi connectivity index (χ0v) is 12.6. The molecule has 0 saturated heterocycles. The average molecular weight is 361 g/mol. The van der Waals surface area contributed by atoms with E-state index in [0.717, 1.165) is 0 Å². The van der Waals surface area contributed by atoms with Crippen LogP contribution in [0, 0.1) is 5.41 Å². The van der Waals surface area contributed by atoms with Crippen LogP contribution in [0.3, 0.4) is 0 Å². The largest absolute Gasteiger partial charge is 0.437 e. The van der Waals surface area contributed by atoms with Crippen molar-refractivity contribution >= 4 is 45.0 Å². The van der Waals surface area contributed by atoms with Crippen LogP contribution in [0.15, 0.2) is 34.9 Å². The minimum atomic E-state index is -0.0521. The lowest BCUT2D eigenvalue weighted by molar-refractivity contribution is 0.463. The van der Waals surface area contributed by atoms with E-state index >= 15 is 0 Å². The van der Waals surface area contributed by atoms with Crippen LogP contribution in [0.4, 0.5) is 0 Å². The summed E-state index contributed by atoms with van der Waals surface area (Å²) in [5.41, 5.74) is 5.86. The molecule has 0 radical (unpaired) electrons. The summed E-state index contributed by atoms with van der Waals surface area (Å²) in [7, 11) is 0. The second kappa shape index (κ2) is 5.77. The maximum absolute atomic E-state index is 7.27. The summed E-state index contributed by atoms with van der Waals surface area (Å²) in [5, 5.41) is 8.16. The SMILES string of the molecule is N=C(N)c1ccc(Oc2cc(Cl)c(Br)cc2Cl)nc1. The van der Waals surface area contributed by atoms with Gasteiger partial charge in [-0.1, -0.05) is 23.2 Å². The highest BCUT2D eigenvalue weighted by Gasteiger charge is 2.09. The first-order chi connectivity index (χ1) is 8.97. The minimum absolute atomic E-state index is 0.0521. The lowest BCUT2D eigenvalue weighted by atomic mass is 10.3. The number of benzene rings is 1. The summed E-state index contributed by atoms with van der Waals surface area (Å²) < 4.78 is 6.21. The molecule has 0 amide bonds. The molecule has 0 fully saturated rings. The topological polar surface area (TPSA) is 72.0 Å². The molecule has 0 atom stereocenters. The third-order valence-corrected chi connectivity index (χ3v) is 3.73. The Bertz CT molecular complexity index is 632. The summed E-state index contributed by atoms with van der Waals surface area (Å²) in [6.07, 6.45) is 1.45. The van der Waals surface area contributed by atoms with Gasteiger partial charge >= 0.3 is 0 Å². The van der Waals surface area contributed by atoms with Crippen LogP contribution in [0.5, 0.6) is 11.6 Å². The van der Waals surface area contributed by atoms with Gasteiger partial charge in [0, 0.05) is 28.4 Å². The van der Waals surface area contributed by atoms with Crippen LogP contribution in [0.2, 0.25) is 10.0 Å². The van der Waals surface area contributed by atoms with Gasteiger partial charge in [-0.3, -0.25) is 5.41 Å². The molecule has 0 aliphatic heterocycles. The molecule has 1 aromatic carbocycles. The Morgan fingerprint density at radius 3 is 2.58 bits per heavy atom. The van der Waals surface area contributed by atoms with Crippen molar-refractivity contribution in [2.75, 3.05) is 0 Å². The molecule has 4 nitrogen and oxygen atoms in total. The highest BCUT2D eigenvalue weighted by atomic mass is 79.9. The van der Waals surface area contributed by atoms with Gasteiger partial charge in [0.15, 0.2) is 0 Å². The Labute approximate surface area is 128 Å². The van der Waals surface area contributed by atoms with E-state index in [1.807, 2.05) is 0 Å². The molecule has 0 unspecified atom stereocenters. The quantitative estimate of drug-likeness (QED) is 0.488. The Morgan fingerprint density at radius 2 is 2.00 bits per heavy atom. The number of aromatic nitrogens is 1. The average Bonchev–Trinajstić information content (AvgIpc) is 2.36. The lowest BCUT2D eigenvalue weighted by Gasteiger charge is -2.08. The van der Waals surface area contributed by atoms with Crippen LogP contribution in [0.1, 0.15) is 5.56 Å². The fourth-order valence-electron chi connectivity index (χ4n) is 1.30. The fourth-order valence-corrected chi connectivity index (χ4v) is 2.13. The van der Waals surface area contributed by atoms with Crippen molar-refractivity contribution in [3.63, 3.8) is 0 Å². The maximum atomic E-state index is 7.27. The Hall–Kier alpha value is -1.30. The van der Waals surface area contributed by atoms with E-state index in [1.165, 1.54) is 6.20 Å². The molecular formula is C12H8BrCl2N3O. The number of halogens is 3. The first-order valence-corrected chi connectivity index (χ1v) is 6.65. The second-order valence-corrected chi connectivity index (χ2v) is 5.27. The molecular weight excluding hydrogens is 353 g/mol. The van der Waals surface area contributed by atoms with E-state index in [1.54, 1.807) is 24.3 Å². The van der Waals surface area contributed by atoms with E-state index in [-0.39, 0.29) is 5.84 Å². The summed E-state index contributed by atoms with van der Waals surface area (Å²) in [5.74, 6) is 0.687. The molecule has 0 bridgehead atoms. The normalized spacial score (nSPS) is 10.3. The van der Waals surface area contributed by atoms with E-state index in [4.69, 9.17) is 39.1 Å². The van der Waals surface area contributed by atoms with E-state index in [0.29, 0.717) is 31.7 Å². The number of hydrogen-bond donors (Lipinski definition) is 2. The number of nitrogens with two attached hydrogens (primary N) is 1. The Morgan fingerprint density at radius 1 is 1.26 bits per heavy atom. The highest BCUT2D eigenvalue weighted by molar-refractivity contribution is 9.10. The zero-order chi connectivity index (χ0) is 14.0. The molecule has 0 aliphatic rings. The number of hydrogen-bond acceptors (Lipinski definition) is 3. The molecule has 0 spiro atoms. The van der Waals surface area contributed by atoms with Crippen LogP contribution in [0.25, 0.3) is 0 Å². The van der Waals surface area contributed by atoms with Gasteiger partial charge in [-0.25, -0.2) is 4.98 Å². The second-order valence-electron chi connectivity index (χ2n) is 3.60. The van der Waals surface area contributed by atoms with E-state index in [2.05, 4.69) is 20.9 Å². The standard InChI is InChI=1S/C12H8BrCl2N3O/c13-7-3-9(15)10(4-8(7)14)19-11-2-1-6(5-18-11)12(16)17/h1-5H,(H3,16,17). The van der Waals surface area contributed by atoms with Gasteiger partial charge in [-0.05, 0) is 28.1 Å². The molecule has 7 heteroatoms. The first-order valence-electron chi connectivity index (χ1n) is 5.10. The molecule has 2 rings (SSSR count). The van der Waals surface area contributed by atoms with Gasteiger partial charge in [0.25, 0.3) is 0 Å². The Balaban J connectivity index is 2.26. The summed E-state index contributed by atoms with van der Waals surface area (Å²) in [4.78, 5) is 4.03. The van der Waals surface area contributed by atoms with Gasteiger partial charge in [0.2, 0.25) is 5.88 Å². The van der Waals surface area contributed by atoms with Crippen molar-refractivity contribution in [3.8, 4) is 11.6 Å². The van der Waals surface area contributed by atoms with Crippen molar-refractivity contribution < 1.29 is 4.74 Å². The van der Waals surface area contributed by atoms with Crippen molar-refractivity contribution in [3.05, 3.63) is 50.5 Å². The zero-order valence-electron chi connectivity index (χ0n) is 9.45. The predicted octanol–water partition coefficient (Wildman–Crippen LogP) is 4.23. The number of nitrogens with zero attached hydrogens (tertiary/aromatic N) is 1. The predicted molar refractivity (Wildman–Crippen MR) is 79.5 cm³/mol. The van der Waals surface area contributed by atoms with Crippen molar-refractivity contribution in [2.45, 2.75) is 0 Å². The number of rotatable bonds is 3. The lowest BCUT2D eigenvalue weighted by Crippen LogP contribution is -2.11. The Kier molecular flexibility index (Phi) is 4.29. The van der Waals surface area contributed by atoms with Gasteiger partial charge in [0.1, 0.15) is 11.6 Å². The summed E-state index contributed by atoms with van der Waals surface area (Å²) in [6, 6.07) is 6.47. The third-order valence-electron chi connectivity index (χ3n) is 2.24. The number of amidine groups is 1. The molecule has 19 heavy (non-hydrogen) atoms. The number of ether oxygens (including phenoxy) is 1. The first kappa shape index (κ1) is 14.1. The smallest absolute Gasteiger partial charge is 0.219 e. The van der Waals surface area contributed by atoms with Crippen LogP contribution in [-0.4, -0.2) is 10.8 Å². The third kappa shape index (κ3) is 3.37. The van der Waals surface area contributed by atoms with Crippen LogP contribution in [-0.2, 0) is 0 Å².